The van der Waals surface area contributed by atoms with E-state index in [1.54, 1.807) is 0 Å². The monoisotopic (exact) mass is 364 g/mol. The quantitative estimate of drug-likeness (QED) is 0.908. The third-order valence-electron chi connectivity index (χ3n) is 5.63. The molecule has 4 rings (SSSR count). The van der Waals surface area contributed by atoms with Gasteiger partial charge >= 0.3 is 5.97 Å². The van der Waals surface area contributed by atoms with Crippen molar-refractivity contribution in [2.45, 2.75) is 38.3 Å². The molecule has 2 aromatic rings. The maximum Gasteiger partial charge on any atom is 0.326 e. The number of carboxylic acids is 1. The van der Waals surface area contributed by atoms with Crippen LogP contribution >= 0.6 is 0 Å². The topological polar surface area (TPSA) is 60.9 Å². The summed E-state index contributed by atoms with van der Waals surface area (Å²) in [4.78, 5) is 28.7. The Hall–Kier alpha value is -2.82. The van der Waals surface area contributed by atoms with Gasteiger partial charge in [-0.2, -0.15) is 0 Å². The van der Waals surface area contributed by atoms with Gasteiger partial charge in [0.2, 0.25) is 0 Å². The highest BCUT2D eigenvalue weighted by Crippen LogP contribution is 2.26. The molecule has 1 saturated heterocycles. The number of hydrogen-bond acceptors (Lipinski definition) is 3. The number of benzene rings is 2. The SMILES string of the molecule is O=C(O)C1Cc2ccccc2CN1C(=O)c1ccc(N2CCCCC2)cc1. The van der Waals surface area contributed by atoms with E-state index in [1.807, 2.05) is 48.5 Å². The van der Waals surface area contributed by atoms with Gasteiger partial charge in [-0.1, -0.05) is 24.3 Å². The number of nitrogens with zero attached hydrogens (tertiary/aromatic N) is 2. The summed E-state index contributed by atoms with van der Waals surface area (Å²) >= 11 is 0. The van der Waals surface area contributed by atoms with E-state index in [0.717, 1.165) is 29.9 Å². The van der Waals surface area contributed by atoms with Crippen LogP contribution < -0.4 is 4.90 Å². The Morgan fingerprint density at radius 2 is 1.56 bits per heavy atom. The van der Waals surface area contributed by atoms with E-state index >= 15 is 0 Å². The maximum atomic E-state index is 13.1. The first-order valence-corrected chi connectivity index (χ1v) is 9.59. The number of carbonyl (C=O) groups is 2. The number of rotatable bonds is 3. The number of carbonyl (C=O) groups excluding carboxylic acids is 1. The molecule has 2 aliphatic heterocycles. The van der Waals surface area contributed by atoms with E-state index in [2.05, 4.69) is 4.90 Å². The summed E-state index contributed by atoms with van der Waals surface area (Å²) in [5.41, 5.74) is 3.70. The average molecular weight is 364 g/mol. The molecular formula is C22H24N2O3. The second kappa shape index (κ2) is 7.43. The Bertz CT molecular complexity index is 841. The predicted octanol–water partition coefficient (Wildman–Crippen LogP) is 3.33. The average Bonchev–Trinajstić information content (AvgIpc) is 2.73. The van der Waals surface area contributed by atoms with Crippen molar-refractivity contribution in [3.05, 3.63) is 65.2 Å². The van der Waals surface area contributed by atoms with Gasteiger partial charge in [-0.05, 0) is 54.7 Å². The zero-order valence-electron chi connectivity index (χ0n) is 15.3. The normalized spacial score (nSPS) is 19.5. The van der Waals surface area contributed by atoms with E-state index in [4.69, 9.17) is 0 Å². The van der Waals surface area contributed by atoms with Crippen LogP contribution in [0.5, 0.6) is 0 Å². The van der Waals surface area contributed by atoms with Crippen molar-refractivity contribution in [3.8, 4) is 0 Å². The molecule has 1 amide bonds. The van der Waals surface area contributed by atoms with Gasteiger partial charge in [0.05, 0.1) is 0 Å². The zero-order chi connectivity index (χ0) is 18.8. The van der Waals surface area contributed by atoms with Crippen molar-refractivity contribution >= 4 is 17.6 Å². The van der Waals surface area contributed by atoms with Gasteiger partial charge < -0.3 is 14.9 Å². The van der Waals surface area contributed by atoms with Crippen LogP contribution in [0.4, 0.5) is 5.69 Å². The number of fused-ring (bicyclic) bond motifs is 1. The number of anilines is 1. The van der Waals surface area contributed by atoms with Crippen LogP contribution in [-0.2, 0) is 17.8 Å². The first kappa shape index (κ1) is 17.6. The van der Waals surface area contributed by atoms with Crippen LogP contribution in [0, 0.1) is 0 Å². The molecule has 0 aromatic heterocycles. The minimum Gasteiger partial charge on any atom is -0.480 e. The second-order valence-electron chi connectivity index (χ2n) is 7.35. The molecular weight excluding hydrogens is 340 g/mol. The van der Waals surface area contributed by atoms with Crippen molar-refractivity contribution in [3.63, 3.8) is 0 Å². The molecule has 0 radical (unpaired) electrons. The van der Waals surface area contributed by atoms with Crippen molar-refractivity contribution in [1.82, 2.24) is 4.90 Å². The van der Waals surface area contributed by atoms with Gasteiger partial charge in [-0.15, -0.1) is 0 Å². The molecule has 1 fully saturated rings. The van der Waals surface area contributed by atoms with Crippen molar-refractivity contribution < 1.29 is 14.7 Å². The van der Waals surface area contributed by atoms with Crippen LogP contribution in [0.2, 0.25) is 0 Å². The number of hydrogen-bond donors (Lipinski definition) is 1. The van der Waals surface area contributed by atoms with Gasteiger partial charge in [0.1, 0.15) is 6.04 Å². The Labute approximate surface area is 159 Å². The Morgan fingerprint density at radius 1 is 0.889 bits per heavy atom. The summed E-state index contributed by atoms with van der Waals surface area (Å²) in [6, 6.07) is 14.5. The number of piperidine rings is 1. The molecule has 140 valence electrons. The van der Waals surface area contributed by atoms with Gasteiger partial charge in [-0.3, -0.25) is 4.79 Å². The summed E-state index contributed by atoms with van der Waals surface area (Å²) in [7, 11) is 0. The molecule has 5 heteroatoms. The highest BCUT2D eigenvalue weighted by Gasteiger charge is 2.34. The van der Waals surface area contributed by atoms with Gasteiger partial charge in [0.25, 0.3) is 5.91 Å². The molecule has 2 heterocycles. The number of aliphatic carboxylic acids is 1. The molecule has 2 aliphatic rings. The van der Waals surface area contributed by atoms with Crippen LogP contribution in [0.25, 0.3) is 0 Å². The summed E-state index contributed by atoms with van der Waals surface area (Å²) < 4.78 is 0. The van der Waals surface area contributed by atoms with E-state index in [-0.39, 0.29) is 5.91 Å². The minimum absolute atomic E-state index is 0.220. The van der Waals surface area contributed by atoms with Crippen LogP contribution in [0.3, 0.4) is 0 Å². The fourth-order valence-corrected chi connectivity index (χ4v) is 4.09. The van der Waals surface area contributed by atoms with Crippen LogP contribution in [0.1, 0.15) is 40.7 Å². The van der Waals surface area contributed by atoms with Crippen LogP contribution in [-0.4, -0.2) is 41.0 Å². The lowest BCUT2D eigenvalue weighted by atomic mass is 9.93. The first-order valence-electron chi connectivity index (χ1n) is 9.59. The molecule has 1 unspecified atom stereocenters. The van der Waals surface area contributed by atoms with Gasteiger partial charge in [-0.25, -0.2) is 4.79 Å². The molecule has 5 nitrogen and oxygen atoms in total. The number of amides is 1. The smallest absolute Gasteiger partial charge is 0.326 e. The van der Waals surface area contributed by atoms with Crippen molar-refractivity contribution in [1.29, 1.82) is 0 Å². The lowest BCUT2D eigenvalue weighted by Crippen LogP contribution is -2.48. The zero-order valence-corrected chi connectivity index (χ0v) is 15.3. The standard InChI is InChI=1S/C22H24N2O3/c25-21(16-8-10-19(11-9-16)23-12-4-1-5-13-23)24-15-18-7-3-2-6-17(18)14-20(24)22(26)27/h2-3,6-11,20H,1,4-5,12-15H2,(H,26,27). The third kappa shape index (κ3) is 3.54. The Kier molecular flexibility index (Phi) is 4.84. The summed E-state index contributed by atoms with van der Waals surface area (Å²) in [6.07, 6.45) is 4.03. The van der Waals surface area contributed by atoms with E-state index in [9.17, 15) is 14.7 Å². The molecule has 27 heavy (non-hydrogen) atoms. The summed E-state index contributed by atoms with van der Waals surface area (Å²) in [6.45, 7) is 2.44. The van der Waals surface area contributed by atoms with Gasteiger partial charge in [0, 0.05) is 37.3 Å². The van der Waals surface area contributed by atoms with E-state index in [1.165, 1.54) is 24.2 Å². The van der Waals surface area contributed by atoms with Crippen molar-refractivity contribution in [2.24, 2.45) is 0 Å². The Morgan fingerprint density at radius 3 is 2.22 bits per heavy atom. The molecule has 1 atom stereocenters. The lowest BCUT2D eigenvalue weighted by Gasteiger charge is -2.34. The predicted molar refractivity (Wildman–Crippen MR) is 104 cm³/mol. The maximum absolute atomic E-state index is 13.1. The Balaban J connectivity index is 1.56. The summed E-state index contributed by atoms with van der Waals surface area (Å²) in [5, 5.41) is 9.64. The van der Waals surface area contributed by atoms with E-state index < -0.39 is 12.0 Å². The molecule has 0 spiro atoms. The third-order valence-corrected chi connectivity index (χ3v) is 5.63. The highest BCUT2D eigenvalue weighted by atomic mass is 16.4. The molecule has 0 aliphatic carbocycles. The van der Waals surface area contributed by atoms with Crippen molar-refractivity contribution in [2.75, 3.05) is 18.0 Å². The first-order chi connectivity index (χ1) is 13.1. The lowest BCUT2D eigenvalue weighted by molar-refractivity contribution is -0.142. The molecule has 0 bridgehead atoms. The van der Waals surface area contributed by atoms with Gasteiger partial charge in [0.15, 0.2) is 0 Å². The second-order valence-corrected chi connectivity index (χ2v) is 7.35. The largest absolute Gasteiger partial charge is 0.480 e. The molecule has 1 N–H and O–H groups in total. The summed E-state index contributed by atoms with van der Waals surface area (Å²) in [5.74, 6) is -1.18. The minimum atomic E-state index is -0.956. The van der Waals surface area contributed by atoms with E-state index in [0.29, 0.717) is 18.5 Å². The fourth-order valence-electron chi connectivity index (χ4n) is 4.09. The fraction of sp³-hybridized carbons (Fsp3) is 0.364. The number of carboxylic acid groups (broad SMARTS) is 1. The molecule has 0 saturated carbocycles. The molecule has 2 aromatic carbocycles. The van der Waals surface area contributed by atoms with Crippen LogP contribution in [0.15, 0.2) is 48.5 Å². The highest BCUT2D eigenvalue weighted by molar-refractivity contribution is 5.97.